The fourth-order valence-corrected chi connectivity index (χ4v) is 4.04. The van der Waals surface area contributed by atoms with E-state index >= 15 is 0 Å². The predicted octanol–water partition coefficient (Wildman–Crippen LogP) is 2.04. The lowest BCUT2D eigenvalue weighted by atomic mass is 10.1. The van der Waals surface area contributed by atoms with Crippen molar-refractivity contribution in [3.05, 3.63) is 23.8 Å². The molecule has 100 valence electrons. The molecule has 18 heavy (non-hydrogen) atoms. The minimum Gasteiger partial charge on any atom is -0.399 e. The average molecular weight is 268 g/mol. The molecule has 0 saturated heterocycles. The van der Waals surface area contributed by atoms with Crippen molar-refractivity contribution in [2.45, 2.75) is 44.0 Å². The molecule has 0 aliphatic heterocycles. The molecule has 1 fully saturated rings. The molecule has 3 N–H and O–H groups in total. The molecule has 1 aliphatic rings. The summed E-state index contributed by atoms with van der Waals surface area (Å²) in [5.74, 6) is 0.405. The zero-order valence-corrected chi connectivity index (χ0v) is 11.6. The summed E-state index contributed by atoms with van der Waals surface area (Å²) in [5.41, 5.74) is 7.04. The van der Waals surface area contributed by atoms with E-state index in [2.05, 4.69) is 11.6 Å². The highest BCUT2D eigenvalue weighted by molar-refractivity contribution is 7.89. The van der Waals surface area contributed by atoms with Crippen LogP contribution in [-0.4, -0.2) is 14.5 Å². The van der Waals surface area contributed by atoms with Crippen molar-refractivity contribution >= 4 is 15.7 Å². The molecule has 1 saturated carbocycles. The summed E-state index contributed by atoms with van der Waals surface area (Å²) in [5, 5.41) is 0. The van der Waals surface area contributed by atoms with Gasteiger partial charge in [-0.15, -0.1) is 0 Å². The Hall–Kier alpha value is -1.07. The molecule has 0 radical (unpaired) electrons. The van der Waals surface area contributed by atoms with E-state index in [1.807, 2.05) is 6.92 Å². The number of benzene rings is 1. The van der Waals surface area contributed by atoms with Crippen LogP contribution in [0.2, 0.25) is 0 Å². The highest BCUT2D eigenvalue weighted by atomic mass is 32.2. The molecule has 0 bridgehead atoms. The summed E-state index contributed by atoms with van der Waals surface area (Å²) < 4.78 is 27.3. The maximum atomic E-state index is 12.3. The Balaban J connectivity index is 2.25. The van der Waals surface area contributed by atoms with E-state index < -0.39 is 10.0 Å². The number of rotatable bonds is 3. The number of sulfonamides is 1. The molecular weight excluding hydrogens is 248 g/mol. The summed E-state index contributed by atoms with van der Waals surface area (Å²) in [6.45, 7) is 3.93. The van der Waals surface area contributed by atoms with E-state index in [1.54, 1.807) is 12.1 Å². The van der Waals surface area contributed by atoms with Crippen molar-refractivity contribution in [2.24, 2.45) is 5.92 Å². The third-order valence-electron chi connectivity index (χ3n) is 3.55. The maximum absolute atomic E-state index is 12.3. The van der Waals surface area contributed by atoms with Crippen LogP contribution >= 0.6 is 0 Å². The monoisotopic (exact) mass is 268 g/mol. The lowest BCUT2D eigenvalue weighted by Crippen LogP contribution is -2.36. The summed E-state index contributed by atoms with van der Waals surface area (Å²) in [7, 11) is -3.45. The zero-order chi connectivity index (χ0) is 13.3. The van der Waals surface area contributed by atoms with Gasteiger partial charge < -0.3 is 5.73 Å². The Bertz CT molecular complexity index is 520. The maximum Gasteiger partial charge on any atom is 0.240 e. The normalized spacial score (nSPS) is 24.3. The minimum absolute atomic E-state index is 0.0525. The van der Waals surface area contributed by atoms with Crippen LogP contribution in [0.3, 0.4) is 0 Å². The van der Waals surface area contributed by atoms with Crippen LogP contribution in [0.1, 0.15) is 31.7 Å². The van der Waals surface area contributed by atoms with Gasteiger partial charge in [0, 0.05) is 11.7 Å². The Morgan fingerprint density at radius 1 is 1.28 bits per heavy atom. The van der Waals surface area contributed by atoms with Crippen molar-refractivity contribution in [3.8, 4) is 0 Å². The lowest BCUT2D eigenvalue weighted by molar-refractivity contribution is 0.476. The van der Waals surface area contributed by atoms with Gasteiger partial charge in [-0.05, 0) is 49.4 Å². The quantitative estimate of drug-likeness (QED) is 0.824. The molecule has 1 aromatic carbocycles. The Morgan fingerprint density at radius 2 is 2.00 bits per heavy atom. The number of hydrogen-bond acceptors (Lipinski definition) is 3. The van der Waals surface area contributed by atoms with Crippen LogP contribution in [0, 0.1) is 12.8 Å². The first-order valence-corrected chi connectivity index (χ1v) is 7.76. The second-order valence-corrected chi connectivity index (χ2v) is 6.93. The predicted molar refractivity (Wildman–Crippen MR) is 72.7 cm³/mol. The SMILES string of the molecule is Cc1cc(N)cc(S(=O)(=O)NC2CCCC2C)c1. The van der Waals surface area contributed by atoms with Gasteiger partial charge in [-0.2, -0.15) is 0 Å². The molecule has 0 amide bonds. The van der Waals surface area contributed by atoms with Crippen LogP contribution in [0.25, 0.3) is 0 Å². The van der Waals surface area contributed by atoms with Gasteiger partial charge in [0.15, 0.2) is 0 Å². The van der Waals surface area contributed by atoms with Gasteiger partial charge in [0.05, 0.1) is 4.90 Å². The van der Waals surface area contributed by atoms with Gasteiger partial charge in [0.2, 0.25) is 10.0 Å². The molecule has 0 aromatic heterocycles. The third kappa shape index (κ3) is 2.84. The Morgan fingerprint density at radius 3 is 2.56 bits per heavy atom. The fraction of sp³-hybridized carbons (Fsp3) is 0.538. The van der Waals surface area contributed by atoms with Gasteiger partial charge in [-0.3, -0.25) is 0 Å². The first-order chi connectivity index (χ1) is 8.38. The van der Waals surface area contributed by atoms with Gasteiger partial charge in [-0.1, -0.05) is 13.3 Å². The van der Waals surface area contributed by atoms with E-state index in [-0.39, 0.29) is 10.9 Å². The van der Waals surface area contributed by atoms with Gasteiger partial charge in [-0.25, -0.2) is 13.1 Å². The molecule has 4 nitrogen and oxygen atoms in total. The molecule has 0 spiro atoms. The summed E-state index contributed by atoms with van der Waals surface area (Å²) >= 11 is 0. The second kappa shape index (κ2) is 4.90. The van der Waals surface area contributed by atoms with Gasteiger partial charge in [0.25, 0.3) is 0 Å². The van der Waals surface area contributed by atoms with Crippen LogP contribution in [0.5, 0.6) is 0 Å². The van der Waals surface area contributed by atoms with Crippen LogP contribution < -0.4 is 10.5 Å². The highest BCUT2D eigenvalue weighted by Crippen LogP contribution is 2.26. The Labute approximate surface area is 109 Å². The third-order valence-corrected chi connectivity index (χ3v) is 5.02. The average Bonchev–Trinajstić information content (AvgIpc) is 2.62. The largest absolute Gasteiger partial charge is 0.399 e. The molecule has 2 unspecified atom stereocenters. The molecule has 2 rings (SSSR count). The first kappa shape index (κ1) is 13.4. The number of hydrogen-bond donors (Lipinski definition) is 2. The van der Waals surface area contributed by atoms with Crippen LogP contribution in [0.15, 0.2) is 23.1 Å². The minimum atomic E-state index is -3.45. The standard InChI is InChI=1S/C13H20N2O2S/c1-9-6-11(14)8-12(7-9)18(16,17)15-13-5-3-4-10(13)2/h6-8,10,13,15H,3-5,14H2,1-2H3. The first-order valence-electron chi connectivity index (χ1n) is 6.28. The van der Waals surface area contributed by atoms with Crippen molar-refractivity contribution in [1.29, 1.82) is 0 Å². The van der Waals surface area contributed by atoms with E-state index in [0.29, 0.717) is 11.6 Å². The van der Waals surface area contributed by atoms with Crippen molar-refractivity contribution < 1.29 is 8.42 Å². The number of nitrogens with two attached hydrogens (primary N) is 1. The smallest absolute Gasteiger partial charge is 0.240 e. The van der Waals surface area contributed by atoms with E-state index in [9.17, 15) is 8.42 Å². The summed E-state index contributed by atoms with van der Waals surface area (Å²) in [6.07, 6.45) is 3.09. The topological polar surface area (TPSA) is 72.2 Å². The number of nitrogen functional groups attached to an aromatic ring is 1. The number of anilines is 1. The van der Waals surface area contributed by atoms with E-state index in [0.717, 1.165) is 24.8 Å². The van der Waals surface area contributed by atoms with Gasteiger partial charge in [0.1, 0.15) is 0 Å². The fourth-order valence-electron chi connectivity index (χ4n) is 2.52. The van der Waals surface area contributed by atoms with Gasteiger partial charge >= 0.3 is 0 Å². The van der Waals surface area contributed by atoms with E-state index in [1.165, 1.54) is 6.07 Å². The molecule has 2 atom stereocenters. The molecule has 1 aromatic rings. The number of nitrogens with one attached hydrogen (secondary N) is 1. The van der Waals surface area contributed by atoms with Crippen molar-refractivity contribution in [2.75, 3.05) is 5.73 Å². The highest BCUT2D eigenvalue weighted by Gasteiger charge is 2.28. The molecule has 5 heteroatoms. The second-order valence-electron chi connectivity index (χ2n) is 5.22. The Kier molecular flexibility index (Phi) is 3.64. The molecule has 1 aliphatic carbocycles. The zero-order valence-electron chi connectivity index (χ0n) is 10.8. The van der Waals surface area contributed by atoms with Crippen molar-refractivity contribution in [1.82, 2.24) is 4.72 Å². The van der Waals surface area contributed by atoms with Crippen LogP contribution in [-0.2, 0) is 10.0 Å². The van der Waals surface area contributed by atoms with Crippen molar-refractivity contribution in [3.63, 3.8) is 0 Å². The number of aryl methyl sites for hydroxylation is 1. The van der Waals surface area contributed by atoms with E-state index in [4.69, 9.17) is 5.73 Å². The summed E-state index contributed by atoms with van der Waals surface area (Å²) in [4.78, 5) is 0.263. The summed E-state index contributed by atoms with van der Waals surface area (Å²) in [6, 6.07) is 4.97. The lowest BCUT2D eigenvalue weighted by Gasteiger charge is -2.17. The molecular formula is C13H20N2O2S. The van der Waals surface area contributed by atoms with Crippen LogP contribution in [0.4, 0.5) is 5.69 Å². The molecule has 0 heterocycles.